The van der Waals surface area contributed by atoms with Gasteiger partial charge in [0.1, 0.15) is 0 Å². The highest BCUT2D eigenvalue weighted by atomic mass is 19.4. The molecule has 5 rings (SSSR count). The Morgan fingerprint density at radius 3 is 1.82 bits per heavy atom. The SMILES string of the molecule is O=C(/C=C(\C(F)(F)F)C1(O)CC1)C12CC3CC(CC(C3)C1)C2. The van der Waals surface area contributed by atoms with Gasteiger partial charge in [-0.15, -0.1) is 0 Å². The molecule has 0 aromatic carbocycles. The van der Waals surface area contributed by atoms with Crippen molar-refractivity contribution in [3.05, 3.63) is 11.6 Å². The molecule has 122 valence electrons. The molecule has 0 atom stereocenters. The highest BCUT2D eigenvalue weighted by molar-refractivity contribution is 5.96. The van der Waals surface area contributed by atoms with Crippen molar-refractivity contribution in [1.29, 1.82) is 0 Å². The Balaban J connectivity index is 1.65. The zero-order chi connectivity index (χ0) is 15.8. The zero-order valence-corrected chi connectivity index (χ0v) is 12.5. The number of allylic oxidation sites excluding steroid dienone is 1. The maximum absolute atomic E-state index is 13.2. The molecule has 0 spiro atoms. The van der Waals surface area contributed by atoms with E-state index in [1.807, 2.05) is 0 Å². The molecule has 22 heavy (non-hydrogen) atoms. The van der Waals surface area contributed by atoms with Crippen molar-refractivity contribution in [3.8, 4) is 0 Å². The third-order valence-corrected chi connectivity index (χ3v) is 6.37. The van der Waals surface area contributed by atoms with Gasteiger partial charge in [0.05, 0.1) is 11.2 Å². The average Bonchev–Trinajstić information content (AvgIpc) is 3.11. The van der Waals surface area contributed by atoms with Crippen LogP contribution in [0.25, 0.3) is 0 Å². The maximum Gasteiger partial charge on any atom is 0.415 e. The number of rotatable bonds is 3. The Labute approximate surface area is 127 Å². The summed E-state index contributed by atoms with van der Waals surface area (Å²) in [5, 5.41) is 9.91. The van der Waals surface area contributed by atoms with Crippen molar-refractivity contribution in [2.75, 3.05) is 0 Å². The minimum absolute atomic E-state index is 0.104. The molecule has 5 aliphatic carbocycles. The van der Waals surface area contributed by atoms with E-state index in [2.05, 4.69) is 0 Å². The molecular formula is C17H21F3O2. The van der Waals surface area contributed by atoms with Crippen molar-refractivity contribution in [1.82, 2.24) is 0 Å². The van der Waals surface area contributed by atoms with Gasteiger partial charge in [-0.25, -0.2) is 0 Å². The lowest BCUT2D eigenvalue weighted by Crippen LogP contribution is -2.49. The summed E-state index contributed by atoms with van der Waals surface area (Å²) in [7, 11) is 0. The van der Waals surface area contributed by atoms with Crippen molar-refractivity contribution >= 4 is 5.78 Å². The second-order valence-electron chi connectivity index (χ2n) is 8.15. The van der Waals surface area contributed by atoms with Crippen molar-refractivity contribution in [2.45, 2.75) is 63.1 Å². The van der Waals surface area contributed by atoms with Gasteiger partial charge in [0, 0.05) is 5.41 Å². The van der Waals surface area contributed by atoms with E-state index in [0.29, 0.717) is 17.8 Å². The fraction of sp³-hybridized carbons (Fsp3) is 0.824. The number of aliphatic hydroxyl groups is 1. The first kappa shape index (κ1) is 14.7. The topological polar surface area (TPSA) is 37.3 Å². The third-order valence-electron chi connectivity index (χ3n) is 6.37. The van der Waals surface area contributed by atoms with Crippen LogP contribution in [0, 0.1) is 23.2 Å². The first-order chi connectivity index (χ1) is 10.2. The number of halogens is 3. The molecule has 0 amide bonds. The smallest absolute Gasteiger partial charge is 0.385 e. The molecule has 0 aromatic rings. The predicted molar refractivity (Wildman–Crippen MR) is 73.9 cm³/mol. The first-order valence-electron chi connectivity index (χ1n) is 8.26. The third kappa shape index (κ3) is 2.24. The number of ketones is 1. The average molecular weight is 314 g/mol. The Kier molecular flexibility index (Phi) is 2.93. The van der Waals surface area contributed by atoms with Crippen molar-refractivity contribution in [2.24, 2.45) is 23.2 Å². The molecule has 0 aromatic heterocycles. The van der Waals surface area contributed by atoms with E-state index in [1.165, 1.54) is 0 Å². The zero-order valence-electron chi connectivity index (χ0n) is 12.5. The number of carbonyl (C=O) groups is 1. The van der Waals surface area contributed by atoms with Crippen LogP contribution in [0.1, 0.15) is 51.4 Å². The van der Waals surface area contributed by atoms with Gasteiger partial charge in [0.2, 0.25) is 0 Å². The van der Waals surface area contributed by atoms with E-state index < -0.39 is 22.8 Å². The number of hydrogen-bond donors (Lipinski definition) is 1. The van der Waals surface area contributed by atoms with Crippen molar-refractivity contribution < 1.29 is 23.1 Å². The van der Waals surface area contributed by atoms with Gasteiger partial charge >= 0.3 is 6.18 Å². The van der Waals surface area contributed by atoms with Gasteiger partial charge in [-0.05, 0) is 75.2 Å². The predicted octanol–water partition coefficient (Wildman–Crippen LogP) is 3.79. The Morgan fingerprint density at radius 1 is 1.00 bits per heavy atom. The van der Waals surface area contributed by atoms with Gasteiger partial charge in [-0.3, -0.25) is 4.79 Å². The summed E-state index contributed by atoms with van der Waals surface area (Å²) in [5.41, 5.74) is -3.40. The van der Waals surface area contributed by atoms with Crippen LogP contribution >= 0.6 is 0 Å². The highest BCUT2D eigenvalue weighted by Crippen LogP contribution is 2.61. The molecule has 0 heterocycles. The Morgan fingerprint density at radius 2 is 1.45 bits per heavy atom. The van der Waals surface area contributed by atoms with Crippen LogP contribution < -0.4 is 0 Å². The summed E-state index contributed by atoms with van der Waals surface area (Å²) in [4.78, 5) is 12.7. The molecule has 5 saturated carbocycles. The van der Waals surface area contributed by atoms with Crippen LogP contribution in [0.15, 0.2) is 11.6 Å². The molecule has 0 saturated heterocycles. The largest absolute Gasteiger partial charge is 0.415 e. The molecule has 2 nitrogen and oxygen atoms in total. The van der Waals surface area contributed by atoms with Crippen LogP contribution in [0.2, 0.25) is 0 Å². The molecule has 0 radical (unpaired) electrons. The monoisotopic (exact) mass is 314 g/mol. The lowest BCUT2D eigenvalue weighted by atomic mass is 9.48. The van der Waals surface area contributed by atoms with Crippen LogP contribution in [-0.4, -0.2) is 22.7 Å². The normalized spacial score (nSPS) is 42.5. The summed E-state index contributed by atoms with van der Waals surface area (Å²) in [6, 6.07) is 0. The van der Waals surface area contributed by atoms with Gasteiger partial charge in [-0.1, -0.05) is 0 Å². The van der Waals surface area contributed by atoms with E-state index in [-0.39, 0.29) is 18.6 Å². The van der Waals surface area contributed by atoms with Gasteiger partial charge in [0.15, 0.2) is 5.78 Å². The minimum atomic E-state index is -4.62. The lowest BCUT2D eigenvalue weighted by molar-refractivity contribution is -0.140. The van der Waals surface area contributed by atoms with Gasteiger partial charge < -0.3 is 5.11 Å². The van der Waals surface area contributed by atoms with Crippen molar-refractivity contribution in [3.63, 3.8) is 0 Å². The van der Waals surface area contributed by atoms with Gasteiger partial charge in [0.25, 0.3) is 0 Å². The maximum atomic E-state index is 13.2. The molecule has 5 fully saturated rings. The first-order valence-corrected chi connectivity index (χ1v) is 8.26. The summed E-state index contributed by atoms with van der Waals surface area (Å²) in [5.74, 6) is 1.17. The fourth-order valence-corrected chi connectivity index (χ4v) is 5.56. The van der Waals surface area contributed by atoms with E-state index >= 15 is 0 Å². The summed E-state index contributed by atoms with van der Waals surface area (Å²) in [6.45, 7) is 0. The fourth-order valence-electron chi connectivity index (χ4n) is 5.56. The molecular weight excluding hydrogens is 293 g/mol. The summed E-state index contributed by atoms with van der Waals surface area (Å²) < 4.78 is 39.6. The molecule has 5 aliphatic rings. The second kappa shape index (κ2) is 4.37. The van der Waals surface area contributed by atoms with Crippen LogP contribution in [0.4, 0.5) is 13.2 Å². The Hall–Kier alpha value is -0.840. The quantitative estimate of drug-likeness (QED) is 0.805. The molecule has 5 heteroatoms. The number of hydrogen-bond acceptors (Lipinski definition) is 2. The lowest BCUT2D eigenvalue weighted by Gasteiger charge is -2.55. The van der Waals surface area contributed by atoms with E-state index in [9.17, 15) is 23.1 Å². The standard InChI is InChI=1S/C17H21F3O2/c18-17(19,20)13(16(22)1-2-16)6-14(21)15-7-10-3-11(8-15)5-12(4-10)9-15/h6,10-12,22H,1-5,7-9H2/b13-6-. The summed E-state index contributed by atoms with van der Waals surface area (Å²) in [6.07, 6.45) is 2.03. The molecule has 0 aliphatic heterocycles. The highest BCUT2D eigenvalue weighted by Gasteiger charge is 2.58. The van der Waals surface area contributed by atoms with Crippen LogP contribution in [-0.2, 0) is 4.79 Å². The van der Waals surface area contributed by atoms with E-state index in [4.69, 9.17) is 0 Å². The number of alkyl halides is 3. The Bertz CT molecular complexity index is 500. The molecule has 1 N–H and O–H groups in total. The number of carbonyl (C=O) groups excluding carboxylic acids is 1. The van der Waals surface area contributed by atoms with Crippen LogP contribution in [0.3, 0.4) is 0 Å². The van der Waals surface area contributed by atoms with Gasteiger partial charge in [-0.2, -0.15) is 13.2 Å². The molecule has 0 unspecified atom stereocenters. The minimum Gasteiger partial charge on any atom is -0.385 e. The van der Waals surface area contributed by atoms with Crippen LogP contribution in [0.5, 0.6) is 0 Å². The molecule has 4 bridgehead atoms. The second-order valence-corrected chi connectivity index (χ2v) is 8.15. The van der Waals surface area contributed by atoms with E-state index in [0.717, 1.165) is 44.6 Å². The summed E-state index contributed by atoms with van der Waals surface area (Å²) >= 11 is 0. The van der Waals surface area contributed by atoms with E-state index in [1.54, 1.807) is 0 Å².